The second-order valence-electron chi connectivity index (χ2n) is 4.71. The molecule has 0 aliphatic carbocycles. The molecule has 0 aromatic rings. The lowest BCUT2D eigenvalue weighted by atomic mass is 9.80. The van der Waals surface area contributed by atoms with Gasteiger partial charge in [0.15, 0.2) is 0 Å². The van der Waals surface area contributed by atoms with Gasteiger partial charge in [-0.05, 0) is 38.0 Å². The summed E-state index contributed by atoms with van der Waals surface area (Å²) in [5.41, 5.74) is 0.370. The van der Waals surface area contributed by atoms with Crippen molar-refractivity contribution in [2.45, 2.75) is 65.6 Å². The molecule has 1 heterocycles. The summed E-state index contributed by atoms with van der Waals surface area (Å²) in [6.45, 7) is 9.08. The van der Waals surface area contributed by atoms with E-state index in [1.54, 1.807) is 0 Å². The van der Waals surface area contributed by atoms with Crippen LogP contribution < -0.4 is 0 Å². The van der Waals surface area contributed by atoms with E-state index in [0.29, 0.717) is 17.6 Å². The quantitative estimate of drug-likeness (QED) is 0.617. The second-order valence-corrected chi connectivity index (χ2v) is 4.71. The molecule has 0 aromatic carbocycles. The number of ether oxygens (including phenoxy) is 1. The fraction of sp³-hybridized carbons (Fsp3) is 1.00. The van der Waals surface area contributed by atoms with E-state index in [1.165, 1.54) is 25.7 Å². The summed E-state index contributed by atoms with van der Waals surface area (Å²) in [5, 5.41) is 0. The highest BCUT2D eigenvalue weighted by molar-refractivity contribution is 4.81. The van der Waals surface area contributed by atoms with Gasteiger partial charge in [-0.3, -0.25) is 0 Å². The first-order chi connectivity index (χ1) is 5.56. The molecular formula is C11H22O. The fourth-order valence-electron chi connectivity index (χ4n) is 1.81. The van der Waals surface area contributed by atoms with Crippen molar-refractivity contribution in [2.75, 3.05) is 0 Å². The molecule has 2 atom stereocenters. The third-order valence-electron chi connectivity index (χ3n) is 3.26. The van der Waals surface area contributed by atoms with Crippen LogP contribution in [0.1, 0.15) is 53.4 Å². The van der Waals surface area contributed by atoms with Gasteiger partial charge in [0.2, 0.25) is 0 Å². The highest BCUT2D eigenvalue weighted by Crippen LogP contribution is 2.34. The van der Waals surface area contributed by atoms with Gasteiger partial charge in [0.1, 0.15) is 0 Å². The highest BCUT2D eigenvalue weighted by Gasteiger charge is 2.31. The van der Waals surface area contributed by atoms with E-state index in [9.17, 15) is 0 Å². The zero-order valence-corrected chi connectivity index (χ0v) is 8.89. The molecule has 0 saturated carbocycles. The van der Waals surface area contributed by atoms with E-state index >= 15 is 0 Å². The van der Waals surface area contributed by atoms with Gasteiger partial charge in [-0.25, -0.2) is 0 Å². The molecule has 1 fully saturated rings. The van der Waals surface area contributed by atoms with Crippen LogP contribution >= 0.6 is 0 Å². The van der Waals surface area contributed by atoms with Gasteiger partial charge >= 0.3 is 0 Å². The topological polar surface area (TPSA) is 9.23 Å². The van der Waals surface area contributed by atoms with Crippen molar-refractivity contribution in [2.24, 2.45) is 5.41 Å². The summed E-state index contributed by atoms with van der Waals surface area (Å²) < 4.78 is 5.94. The second kappa shape index (κ2) is 3.78. The summed E-state index contributed by atoms with van der Waals surface area (Å²) in [7, 11) is 0. The van der Waals surface area contributed by atoms with E-state index in [0.717, 1.165) is 0 Å². The molecule has 1 aliphatic heterocycles. The van der Waals surface area contributed by atoms with Crippen LogP contribution in [0, 0.1) is 5.41 Å². The Balaban J connectivity index is 2.50. The predicted molar refractivity (Wildman–Crippen MR) is 52.3 cm³/mol. The van der Waals surface area contributed by atoms with Crippen molar-refractivity contribution >= 4 is 0 Å². The third-order valence-corrected chi connectivity index (χ3v) is 3.26. The Hall–Kier alpha value is -0.0400. The van der Waals surface area contributed by atoms with Crippen LogP contribution in [0.5, 0.6) is 0 Å². The van der Waals surface area contributed by atoms with Gasteiger partial charge < -0.3 is 4.74 Å². The Bertz CT molecular complexity index is 140. The molecular weight excluding hydrogens is 148 g/mol. The average molecular weight is 170 g/mol. The van der Waals surface area contributed by atoms with Crippen molar-refractivity contribution in [3.8, 4) is 0 Å². The van der Waals surface area contributed by atoms with Crippen LogP contribution in [-0.2, 0) is 4.74 Å². The van der Waals surface area contributed by atoms with Gasteiger partial charge in [-0.15, -0.1) is 0 Å². The molecule has 0 aromatic heterocycles. The van der Waals surface area contributed by atoms with E-state index < -0.39 is 0 Å². The van der Waals surface area contributed by atoms with Crippen LogP contribution in [0.25, 0.3) is 0 Å². The average Bonchev–Trinajstić information content (AvgIpc) is 2.05. The number of rotatable bonds is 2. The molecule has 0 radical (unpaired) electrons. The Morgan fingerprint density at radius 2 is 2.00 bits per heavy atom. The molecule has 0 spiro atoms. The van der Waals surface area contributed by atoms with Gasteiger partial charge in [0.05, 0.1) is 12.2 Å². The number of hydrogen-bond donors (Lipinski definition) is 0. The molecule has 0 amide bonds. The first-order valence-electron chi connectivity index (χ1n) is 5.21. The standard InChI is InChI=1S/C11H22O/c1-5-11(3,4)10-8-6-7-9(2)12-10/h9-10H,5-8H2,1-4H3. The van der Waals surface area contributed by atoms with E-state index in [2.05, 4.69) is 27.7 Å². The first kappa shape index (κ1) is 10.0. The maximum atomic E-state index is 5.94. The van der Waals surface area contributed by atoms with Crippen LogP contribution in [0.15, 0.2) is 0 Å². The van der Waals surface area contributed by atoms with Crippen molar-refractivity contribution in [3.05, 3.63) is 0 Å². The smallest absolute Gasteiger partial charge is 0.0629 e. The third kappa shape index (κ3) is 2.22. The minimum Gasteiger partial charge on any atom is -0.375 e. The van der Waals surface area contributed by atoms with E-state index in [-0.39, 0.29) is 0 Å². The summed E-state index contributed by atoms with van der Waals surface area (Å²) >= 11 is 0. The molecule has 0 N–H and O–H groups in total. The SMILES string of the molecule is CCC(C)(C)C1CCCC(C)O1. The van der Waals surface area contributed by atoms with Crippen molar-refractivity contribution in [1.82, 2.24) is 0 Å². The maximum absolute atomic E-state index is 5.94. The first-order valence-corrected chi connectivity index (χ1v) is 5.21. The number of hydrogen-bond acceptors (Lipinski definition) is 1. The van der Waals surface area contributed by atoms with Gasteiger partial charge in [0.25, 0.3) is 0 Å². The summed E-state index contributed by atoms with van der Waals surface area (Å²) in [5.74, 6) is 0. The Labute approximate surface area is 76.5 Å². The van der Waals surface area contributed by atoms with Crippen molar-refractivity contribution in [1.29, 1.82) is 0 Å². The Kier molecular flexibility index (Phi) is 3.16. The van der Waals surface area contributed by atoms with E-state index in [4.69, 9.17) is 4.74 Å². The largest absolute Gasteiger partial charge is 0.375 e. The van der Waals surface area contributed by atoms with Crippen molar-refractivity contribution in [3.63, 3.8) is 0 Å². The lowest BCUT2D eigenvalue weighted by Crippen LogP contribution is -2.37. The van der Waals surface area contributed by atoms with Gasteiger partial charge in [-0.2, -0.15) is 0 Å². The molecule has 2 unspecified atom stereocenters. The monoisotopic (exact) mass is 170 g/mol. The Morgan fingerprint density at radius 1 is 1.33 bits per heavy atom. The van der Waals surface area contributed by atoms with Gasteiger partial charge in [0, 0.05) is 0 Å². The van der Waals surface area contributed by atoms with Crippen LogP contribution in [-0.4, -0.2) is 12.2 Å². The molecule has 0 bridgehead atoms. The zero-order chi connectivity index (χ0) is 9.19. The summed E-state index contributed by atoms with van der Waals surface area (Å²) in [6, 6.07) is 0. The molecule has 12 heavy (non-hydrogen) atoms. The van der Waals surface area contributed by atoms with Crippen LogP contribution in [0.3, 0.4) is 0 Å². The van der Waals surface area contributed by atoms with Crippen LogP contribution in [0.2, 0.25) is 0 Å². The van der Waals surface area contributed by atoms with Crippen molar-refractivity contribution < 1.29 is 4.74 Å². The molecule has 1 rings (SSSR count). The van der Waals surface area contributed by atoms with Crippen LogP contribution in [0.4, 0.5) is 0 Å². The Morgan fingerprint density at radius 3 is 2.50 bits per heavy atom. The minimum atomic E-state index is 0.370. The highest BCUT2D eigenvalue weighted by atomic mass is 16.5. The normalized spacial score (nSPS) is 32.0. The molecule has 1 aliphatic rings. The van der Waals surface area contributed by atoms with E-state index in [1.807, 2.05) is 0 Å². The lowest BCUT2D eigenvalue weighted by Gasteiger charge is -2.38. The minimum absolute atomic E-state index is 0.370. The summed E-state index contributed by atoms with van der Waals surface area (Å²) in [6.07, 6.45) is 6.03. The molecule has 1 nitrogen and oxygen atoms in total. The maximum Gasteiger partial charge on any atom is 0.0629 e. The predicted octanol–water partition coefficient (Wildman–Crippen LogP) is 3.38. The molecule has 72 valence electrons. The molecule has 1 saturated heterocycles. The lowest BCUT2D eigenvalue weighted by molar-refractivity contribution is -0.0969. The molecule has 1 heteroatoms. The summed E-state index contributed by atoms with van der Waals surface area (Å²) in [4.78, 5) is 0. The zero-order valence-electron chi connectivity index (χ0n) is 8.89. The van der Waals surface area contributed by atoms with Gasteiger partial charge in [-0.1, -0.05) is 20.8 Å². The fourth-order valence-corrected chi connectivity index (χ4v) is 1.81.